The monoisotopic (exact) mass is 821 g/mol. The standard InChI is InChI=1S/C42H76O15/c1-5-9-13-14-15-16-17-18-22-26-36(49)57-41-40(56-35(48)25-21-12-8-4)39(55-34(47)24-20-11-7-3)32(29-52-33(46)23-19-10-6-2)54-42(41)53-28-31(45)38(51)37(50)30(44)27-43/h30-32,37-45,50-51H,5-29H2,1-4H3/t30-,31-,32-,37-,38-,39-,40+,41+,42-/m1/s1. The van der Waals surface area contributed by atoms with Crippen LogP contribution < -0.4 is 0 Å². The summed E-state index contributed by atoms with van der Waals surface area (Å²) in [6.45, 7) is 6.03. The molecule has 9 atom stereocenters. The molecule has 15 heteroatoms. The number of esters is 4. The van der Waals surface area contributed by atoms with Crippen molar-refractivity contribution in [2.45, 2.75) is 224 Å². The molecule has 1 fully saturated rings. The van der Waals surface area contributed by atoms with E-state index in [0.717, 1.165) is 64.2 Å². The molecule has 334 valence electrons. The summed E-state index contributed by atoms with van der Waals surface area (Å²) in [6, 6.07) is 0. The molecule has 0 bridgehead atoms. The largest absolute Gasteiger partial charge is 0.463 e. The summed E-state index contributed by atoms with van der Waals surface area (Å²) in [5.41, 5.74) is 0. The van der Waals surface area contributed by atoms with Crippen molar-refractivity contribution < 1.29 is 73.1 Å². The van der Waals surface area contributed by atoms with Gasteiger partial charge in [0.15, 0.2) is 24.6 Å². The molecule has 0 unspecified atom stereocenters. The molecule has 1 aliphatic rings. The minimum Gasteiger partial charge on any atom is -0.463 e. The van der Waals surface area contributed by atoms with Crippen molar-refractivity contribution in [1.82, 2.24) is 0 Å². The zero-order valence-electron chi connectivity index (χ0n) is 35.2. The third-order valence-electron chi connectivity index (χ3n) is 10.00. The normalized spacial score (nSPS) is 21.6. The Morgan fingerprint density at radius 1 is 0.509 bits per heavy atom. The number of carbonyl (C=O) groups excluding carboxylic acids is 4. The van der Waals surface area contributed by atoms with Gasteiger partial charge in [-0.2, -0.15) is 0 Å². The van der Waals surface area contributed by atoms with E-state index in [1.54, 1.807) is 0 Å². The van der Waals surface area contributed by atoms with Gasteiger partial charge in [-0.05, 0) is 25.7 Å². The lowest BCUT2D eigenvalue weighted by Gasteiger charge is -2.44. The molecule has 57 heavy (non-hydrogen) atoms. The molecule has 0 radical (unpaired) electrons. The molecule has 0 spiro atoms. The molecule has 0 aliphatic carbocycles. The summed E-state index contributed by atoms with van der Waals surface area (Å²) in [7, 11) is 0. The van der Waals surface area contributed by atoms with Gasteiger partial charge in [0.1, 0.15) is 37.1 Å². The Labute approximate surface area is 340 Å². The maximum Gasteiger partial charge on any atom is 0.306 e. The van der Waals surface area contributed by atoms with Crippen LogP contribution >= 0.6 is 0 Å². The molecule has 0 aromatic rings. The molecule has 5 N–H and O–H groups in total. The Hall–Kier alpha value is -2.40. The Morgan fingerprint density at radius 2 is 0.895 bits per heavy atom. The summed E-state index contributed by atoms with van der Waals surface area (Å²) < 4.78 is 35.4. The summed E-state index contributed by atoms with van der Waals surface area (Å²) in [6.07, 6.45) is 1.03. The molecule has 0 saturated carbocycles. The molecule has 1 heterocycles. The van der Waals surface area contributed by atoms with E-state index in [4.69, 9.17) is 28.4 Å². The van der Waals surface area contributed by atoms with Crippen LogP contribution in [0.25, 0.3) is 0 Å². The van der Waals surface area contributed by atoms with Crippen molar-refractivity contribution in [3.8, 4) is 0 Å². The van der Waals surface area contributed by atoms with E-state index >= 15 is 0 Å². The predicted octanol–water partition coefficient (Wildman–Crippen LogP) is 5.10. The Kier molecular flexibility index (Phi) is 30.0. The van der Waals surface area contributed by atoms with Gasteiger partial charge in [-0.15, -0.1) is 0 Å². The summed E-state index contributed by atoms with van der Waals surface area (Å²) in [5.74, 6) is -2.48. The van der Waals surface area contributed by atoms with Crippen LogP contribution in [0.15, 0.2) is 0 Å². The van der Waals surface area contributed by atoms with Crippen LogP contribution in [-0.2, 0) is 47.6 Å². The molecule has 1 rings (SSSR count). The van der Waals surface area contributed by atoms with E-state index in [0.29, 0.717) is 25.7 Å². The number of hydrogen-bond donors (Lipinski definition) is 5. The van der Waals surface area contributed by atoms with E-state index in [9.17, 15) is 44.7 Å². The van der Waals surface area contributed by atoms with Crippen LogP contribution in [-0.4, -0.2) is 124 Å². The van der Waals surface area contributed by atoms with Crippen molar-refractivity contribution in [3.63, 3.8) is 0 Å². The number of aliphatic hydroxyl groups is 5. The Morgan fingerprint density at radius 3 is 1.39 bits per heavy atom. The van der Waals surface area contributed by atoms with Gasteiger partial charge in [-0.25, -0.2) is 0 Å². The van der Waals surface area contributed by atoms with Crippen LogP contribution in [0.5, 0.6) is 0 Å². The van der Waals surface area contributed by atoms with Crippen LogP contribution in [0.2, 0.25) is 0 Å². The van der Waals surface area contributed by atoms with Crippen LogP contribution in [0.1, 0.15) is 169 Å². The first-order valence-electron chi connectivity index (χ1n) is 21.8. The number of ether oxygens (including phenoxy) is 6. The van der Waals surface area contributed by atoms with Crippen LogP contribution in [0, 0.1) is 0 Å². The van der Waals surface area contributed by atoms with E-state index in [-0.39, 0.29) is 25.7 Å². The van der Waals surface area contributed by atoms with Crippen LogP contribution in [0.4, 0.5) is 0 Å². The molecule has 0 aromatic carbocycles. The quantitative estimate of drug-likeness (QED) is 0.0323. The third kappa shape index (κ3) is 22.5. The minimum absolute atomic E-state index is 0.0139. The highest BCUT2D eigenvalue weighted by Gasteiger charge is 2.53. The van der Waals surface area contributed by atoms with E-state index < -0.39 is 98.8 Å². The lowest BCUT2D eigenvalue weighted by Crippen LogP contribution is -2.63. The fourth-order valence-electron chi connectivity index (χ4n) is 6.42. The molecule has 15 nitrogen and oxygen atoms in total. The van der Waals surface area contributed by atoms with Gasteiger partial charge in [0.2, 0.25) is 0 Å². The zero-order chi connectivity index (χ0) is 42.4. The second-order valence-corrected chi connectivity index (χ2v) is 15.2. The highest BCUT2D eigenvalue weighted by Crippen LogP contribution is 2.31. The van der Waals surface area contributed by atoms with Crippen molar-refractivity contribution in [1.29, 1.82) is 0 Å². The zero-order valence-corrected chi connectivity index (χ0v) is 35.2. The summed E-state index contributed by atoms with van der Waals surface area (Å²) in [5, 5.41) is 50.4. The number of unbranched alkanes of at least 4 members (excludes halogenated alkanes) is 14. The summed E-state index contributed by atoms with van der Waals surface area (Å²) >= 11 is 0. The molecule has 1 saturated heterocycles. The van der Waals surface area contributed by atoms with Crippen molar-refractivity contribution >= 4 is 23.9 Å². The Bertz CT molecular complexity index is 1070. The molecule has 1 aliphatic heterocycles. The number of hydrogen-bond acceptors (Lipinski definition) is 15. The first-order valence-corrected chi connectivity index (χ1v) is 21.8. The van der Waals surface area contributed by atoms with Gasteiger partial charge in [0, 0.05) is 25.7 Å². The SMILES string of the molecule is CCCCCCCCCCCC(=O)O[C@@H]1[C@H](OC[C@@H](O)[C@@H](O)[C@H](O)[C@H](O)CO)O[C@H](COC(=O)CCCCC)[C@@H](OC(=O)CCCCC)[C@@H]1OC(=O)CCCCC. The second kappa shape index (κ2) is 32.5. The minimum atomic E-state index is -1.98. The predicted molar refractivity (Wildman–Crippen MR) is 211 cm³/mol. The number of carbonyl (C=O) groups is 4. The fourth-order valence-corrected chi connectivity index (χ4v) is 6.42. The Balaban J connectivity index is 3.47. The third-order valence-corrected chi connectivity index (χ3v) is 10.00. The van der Waals surface area contributed by atoms with Gasteiger partial charge >= 0.3 is 23.9 Å². The van der Waals surface area contributed by atoms with E-state index in [1.165, 1.54) is 25.7 Å². The molecule has 0 aromatic heterocycles. The lowest BCUT2D eigenvalue weighted by molar-refractivity contribution is -0.313. The van der Waals surface area contributed by atoms with Crippen LogP contribution in [0.3, 0.4) is 0 Å². The second-order valence-electron chi connectivity index (χ2n) is 15.2. The van der Waals surface area contributed by atoms with Gasteiger partial charge < -0.3 is 54.0 Å². The average molecular weight is 821 g/mol. The van der Waals surface area contributed by atoms with Crippen molar-refractivity contribution in [2.75, 3.05) is 19.8 Å². The molecular weight excluding hydrogens is 744 g/mol. The van der Waals surface area contributed by atoms with Gasteiger partial charge in [-0.1, -0.05) is 118 Å². The number of aliphatic hydroxyl groups excluding tert-OH is 5. The van der Waals surface area contributed by atoms with Gasteiger partial charge in [-0.3, -0.25) is 19.2 Å². The highest BCUT2D eigenvalue weighted by molar-refractivity contribution is 5.72. The maximum absolute atomic E-state index is 13.5. The fraction of sp³-hybridized carbons (Fsp3) is 0.905. The van der Waals surface area contributed by atoms with E-state index in [1.807, 2.05) is 20.8 Å². The average Bonchev–Trinajstić information content (AvgIpc) is 3.19. The topological polar surface area (TPSA) is 225 Å². The van der Waals surface area contributed by atoms with Gasteiger partial charge in [0.05, 0.1) is 13.2 Å². The van der Waals surface area contributed by atoms with Crippen molar-refractivity contribution in [3.05, 3.63) is 0 Å². The summed E-state index contributed by atoms with van der Waals surface area (Å²) in [4.78, 5) is 52.8. The first-order chi connectivity index (χ1) is 27.4. The number of rotatable bonds is 34. The van der Waals surface area contributed by atoms with E-state index in [2.05, 4.69) is 6.92 Å². The smallest absolute Gasteiger partial charge is 0.306 e. The molecule has 0 amide bonds. The maximum atomic E-state index is 13.5. The highest BCUT2D eigenvalue weighted by atomic mass is 16.7. The first kappa shape index (κ1) is 52.6. The lowest BCUT2D eigenvalue weighted by atomic mass is 9.97. The van der Waals surface area contributed by atoms with Crippen molar-refractivity contribution in [2.24, 2.45) is 0 Å². The van der Waals surface area contributed by atoms with Gasteiger partial charge in [0.25, 0.3) is 0 Å². The molecular formula is C42H76O15.